The smallest absolute Gasteiger partial charge is 0.257 e. The molecule has 4 rings (SSSR count). The summed E-state index contributed by atoms with van der Waals surface area (Å²) < 4.78 is 5.37. The molecule has 2 aromatic carbocycles. The number of hydrogen-bond acceptors (Lipinski definition) is 5. The zero-order valence-corrected chi connectivity index (χ0v) is 18.3. The van der Waals surface area contributed by atoms with E-state index in [4.69, 9.17) is 4.74 Å². The van der Waals surface area contributed by atoms with Crippen molar-refractivity contribution in [3.05, 3.63) is 59.7 Å². The monoisotopic (exact) mass is 450 g/mol. The van der Waals surface area contributed by atoms with Crippen molar-refractivity contribution in [1.29, 1.82) is 0 Å². The lowest BCUT2D eigenvalue weighted by Gasteiger charge is -2.24. The van der Waals surface area contributed by atoms with Gasteiger partial charge in [0.2, 0.25) is 11.8 Å². The van der Waals surface area contributed by atoms with E-state index in [0.717, 1.165) is 12.8 Å². The maximum atomic E-state index is 12.9. The van der Waals surface area contributed by atoms with Gasteiger partial charge in [-0.3, -0.25) is 19.2 Å². The third kappa shape index (κ3) is 5.14. The predicted molar refractivity (Wildman–Crippen MR) is 121 cm³/mol. The van der Waals surface area contributed by atoms with Gasteiger partial charge in [-0.15, -0.1) is 0 Å². The molecular weight excluding hydrogens is 424 g/mol. The summed E-state index contributed by atoms with van der Waals surface area (Å²) in [5, 5.41) is 8.01. The minimum Gasteiger partial charge on any atom is -0.484 e. The van der Waals surface area contributed by atoms with Crippen LogP contribution >= 0.6 is 0 Å². The molecule has 1 atom stereocenters. The third-order valence-electron chi connectivity index (χ3n) is 5.49. The molecule has 3 N–H and O–H groups in total. The highest BCUT2D eigenvalue weighted by Gasteiger charge is 2.47. The van der Waals surface area contributed by atoms with Gasteiger partial charge < -0.3 is 25.6 Å². The minimum absolute atomic E-state index is 0.0725. The molecule has 2 aromatic rings. The highest BCUT2D eigenvalue weighted by molar-refractivity contribution is 6.05. The van der Waals surface area contributed by atoms with Crippen LogP contribution in [-0.2, 0) is 14.4 Å². The number of benzene rings is 2. The maximum Gasteiger partial charge on any atom is 0.257 e. The summed E-state index contributed by atoms with van der Waals surface area (Å²) in [6, 6.07) is 13.0. The van der Waals surface area contributed by atoms with E-state index in [1.165, 1.54) is 0 Å². The van der Waals surface area contributed by atoms with Crippen molar-refractivity contribution in [2.45, 2.75) is 31.8 Å². The van der Waals surface area contributed by atoms with Crippen molar-refractivity contribution in [1.82, 2.24) is 15.5 Å². The first-order valence-electron chi connectivity index (χ1n) is 11.0. The fourth-order valence-electron chi connectivity index (χ4n) is 3.83. The van der Waals surface area contributed by atoms with Crippen LogP contribution in [-0.4, -0.2) is 54.3 Å². The van der Waals surface area contributed by atoms with Crippen LogP contribution in [0.15, 0.2) is 48.5 Å². The van der Waals surface area contributed by atoms with E-state index >= 15 is 0 Å². The van der Waals surface area contributed by atoms with Crippen LogP contribution < -0.4 is 20.7 Å². The standard InChI is InChI=1S/C24H26N4O5/c1-2-25-21(30)14-33-17-11-7-15(8-12-17)27-20(29)13-26-23(31)22-18-5-3-4-6-19(18)24(32)28(22)16-9-10-16/h3-8,11-12,16,22H,2,9-10,13-14H2,1H3,(H,25,30)(H,26,31)(H,27,29). The number of likely N-dealkylation sites (N-methyl/N-ethyl adjacent to an activating group) is 1. The number of rotatable bonds is 9. The van der Waals surface area contributed by atoms with Crippen LogP contribution in [0.2, 0.25) is 0 Å². The Kier molecular flexibility index (Phi) is 6.58. The Morgan fingerprint density at radius 3 is 2.42 bits per heavy atom. The Morgan fingerprint density at radius 1 is 1.00 bits per heavy atom. The summed E-state index contributed by atoms with van der Waals surface area (Å²) in [6.45, 7) is 2.05. The molecule has 9 heteroatoms. The molecule has 0 radical (unpaired) electrons. The van der Waals surface area contributed by atoms with E-state index in [1.807, 2.05) is 6.92 Å². The molecule has 1 unspecified atom stereocenters. The van der Waals surface area contributed by atoms with Crippen LogP contribution in [0.5, 0.6) is 5.75 Å². The molecular formula is C24H26N4O5. The molecule has 172 valence electrons. The molecule has 0 saturated heterocycles. The van der Waals surface area contributed by atoms with Gasteiger partial charge in [0.05, 0.1) is 6.54 Å². The van der Waals surface area contributed by atoms with Gasteiger partial charge in [-0.25, -0.2) is 0 Å². The number of amides is 4. The lowest BCUT2D eigenvalue weighted by molar-refractivity contribution is -0.127. The molecule has 9 nitrogen and oxygen atoms in total. The van der Waals surface area contributed by atoms with Crippen molar-refractivity contribution in [3.8, 4) is 5.75 Å². The summed E-state index contributed by atoms with van der Waals surface area (Å²) in [4.78, 5) is 51.1. The molecule has 4 amide bonds. The first-order valence-corrected chi connectivity index (χ1v) is 11.0. The summed E-state index contributed by atoms with van der Waals surface area (Å²) >= 11 is 0. The van der Waals surface area contributed by atoms with Gasteiger partial charge in [0.25, 0.3) is 11.8 Å². The first-order chi connectivity index (χ1) is 16.0. The molecule has 0 aromatic heterocycles. The molecule has 33 heavy (non-hydrogen) atoms. The van der Waals surface area contributed by atoms with Gasteiger partial charge in [0, 0.05) is 23.8 Å². The Hall–Kier alpha value is -3.88. The quantitative estimate of drug-likeness (QED) is 0.537. The molecule has 0 spiro atoms. The summed E-state index contributed by atoms with van der Waals surface area (Å²) in [7, 11) is 0. The lowest BCUT2D eigenvalue weighted by atomic mass is 10.0. The van der Waals surface area contributed by atoms with Gasteiger partial charge >= 0.3 is 0 Å². The number of carbonyl (C=O) groups excluding carboxylic acids is 4. The number of nitrogens with zero attached hydrogens (tertiary/aromatic N) is 1. The zero-order valence-electron chi connectivity index (χ0n) is 18.3. The van der Waals surface area contributed by atoms with Crippen LogP contribution in [0.3, 0.4) is 0 Å². The Bertz CT molecular complexity index is 1060. The second-order valence-electron chi connectivity index (χ2n) is 7.97. The van der Waals surface area contributed by atoms with Gasteiger partial charge in [-0.05, 0) is 55.7 Å². The molecule has 1 heterocycles. The van der Waals surface area contributed by atoms with Crippen LogP contribution in [0.25, 0.3) is 0 Å². The molecule has 1 saturated carbocycles. The van der Waals surface area contributed by atoms with Crippen molar-refractivity contribution in [2.24, 2.45) is 0 Å². The normalized spacial score (nSPS) is 16.7. The van der Waals surface area contributed by atoms with Crippen LogP contribution in [0, 0.1) is 0 Å². The molecule has 1 fully saturated rings. The minimum atomic E-state index is -0.713. The summed E-state index contributed by atoms with van der Waals surface area (Å²) in [5.74, 6) is -0.610. The number of carbonyl (C=O) groups is 4. The number of fused-ring (bicyclic) bond motifs is 1. The van der Waals surface area contributed by atoms with Gasteiger partial charge in [-0.1, -0.05) is 18.2 Å². The van der Waals surface area contributed by atoms with Gasteiger partial charge in [0.1, 0.15) is 11.8 Å². The van der Waals surface area contributed by atoms with Crippen LogP contribution in [0.1, 0.15) is 41.7 Å². The number of nitrogens with one attached hydrogen (secondary N) is 3. The maximum absolute atomic E-state index is 12.9. The van der Waals surface area contributed by atoms with E-state index in [-0.39, 0.29) is 36.9 Å². The fourth-order valence-corrected chi connectivity index (χ4v) is 3.83. The molecule has 1 aliphatic heterocycles. The molecule has 2 aliphatic rings. The number of anilines is 1. The van der Waals surface area contributed by atoms with Crippen molar-refractivity contribution < 1.29 is 23.9 Å². The highest BCUT2D eigenvalue weighted by atomic mass is 16.5. The fraction of sp³-hybridized carbons (Fsp3) is 0.333. The highest BCUT2D eigenvalue weighted by Crippen LogP contribution is 2.41. The largest absolute Gasteiger partial charge is 0.484 e. The molecule has 0 bridgehead atoms. The van der Waals surface area contributed by atoms with Crippen molar-refractivity contribution in [2.75, 3.05) is 25.0 Å². The Balaban J connectivity index is 1.30. The average Bonchev–Trinajstić information content (AvgIpc) is 3.61. The summed E-state index contributed by atoms with van der Waals surface area (Å²) in [6.07, 6.45) is 1.76. The van der Waals surface area contributed by atoms with Gasteiger partial charge in [0.15, 0.2) is 6.61 Å². The molecule has 1 aliphatic carbocycles. The summed E-state index contributed by atoms with van der Waals surface area (Å²) in [5.41, 5.74) is 1.75. The van der Waals surface area contributed by atoms with E-state index in [0.29, 0.717) is 29.1 Å². The van der Waals surface area contributed by atoms with E-state index in [9.17, 15) is 19.2 Å². The second kappa shape index (κ2) is 9.72. The zero-order chi connectivity index (χ0) is 23.4. The number of ether oxygens (including phenoxy) is 1. The Labute approximate surface area is 191 Å². The van der Waals surface area contributed by atoms with Crippen molar-refractivity contribution >= 4 is 29.3 Å². The topological polar surface area (TPSA) is 117 Å². The Morgan fingerprint density at radius 2 is 1.73 bits per heavy atom. The SMILES string of the molecule is CCNC(=O)COc1ccc(NC(=O)CNC(=O)C2c3ccccc3C(=O)N2C2CC2)cc1. The first kappa shape index (κ1) is 22.3. The van der Waals surface area contributed by atoms with Crippen LogP contribution in [0.4, 0.5) is 5.69 Å². The van der Waals surface area contributed by atoms with E-state index in [2.05, 4.69) is 16.0 Å². The van der Waals surface area contributed by atoms with Gasteiger partial charge in [-0.2, -0.15) is 0 Å². The lowest BCUT2D eigenvalue weighted by Crippen LogP contribution is -2.42. The second-order valence-corrected chi connectivity index (χ2v) is 7.97. The predicted octanol–water partition coefficient (Wildman–Crippen LogP) is 1.62. The third-order valence-corrected chi connectivity index (χ3v) is 5.49. The average molecular weight is 450 g/mol. The van der Waals surface area contributed by atoms with E-state index in [1.54, 1.807) is 53.4 Å². The number of hydrogen-bond donors (Lipinski definition) is 3. The van der Waals surface area contributed by atoms with Crippen molar-refractivity contribution in [3.63, 3.8) is 0 Å². The van der Waals surface area contributed by atoms with E-state index < -0.39 is 11.9 Å².